The smallest absolute Gasteiger partial charge is 1.00 e. The van der Waals surface area contributed by atoms with Gasteiger partial charge in [-0.3, -0.25) is 4.79 Å². The van der Waals surface area contributed by atoms with E-state index in [1.807, 2.05) is 0 Å². The molecule has 0 atom stereocenters. The molecule has 6 nitrogen and oxygen atoms in total. The molecule has 0 aliphatic carbocycles. The number of phenols is 4. The van der Waals surface area contributed by atoms with Crippen LogP contribution in [0.1, 0.15) is 2.85 Å². The quantitative estimate of drug-likeness (QED) is 0.402. The van der Waals surface area contributed by atoms with Gasteiger partial charge in [0, 0.05) is 23.8 Å². The van der Waals surface area contributed by atoms with Crippen LogP contribution in [0.4, 0.5) is 0 Å². The Morgan fingerprint density at radius 2 is 1.59 bits per heavy atom. The monoisotopic (exact) mass is 328 g/mol. The van der Waals surface area contributed by atoms with Gasteiger partial charge in [0.25, 0.3) is 0 Å². The van der Waals surface area contributed by atoms with Gasteiger partial charge >= 0.3 is 37.7 Å². The summed E-state index contributed by atoms with van der Waals surface area (Å²) in [4.78, 5) is 12.0. The topological polar surface area (TPSA) is 111 Å². The Bertz CT molecular complexity index is 926. The number of hydrogen-bond donors (Lipinski definition) is 4. The van der Waals surface area contributed by atoms with Gasteiger partial charge in [-0.25, -0.2) is 0 Å². The molecule has 0 fully saturated rings. The van der Waals surface area contributed by atoms with Gasteiger partial charge in [-0.15, -0.1) is 0 Å². The molecule has 0 radical (unpaired) electrons. The van der Waals surface area contributed by atoms with Crippen LogP contribution in [0.3, 0.4) is 0 Å². The maximum absolute atomic E-state index is 12.0. The third-order valence-electron chi connectivity index (χ3n) is 3.05. The summed E-state index contributed by atoms with van der Waals surface area (Å²) >= 11 is 0. The third-order valence-corrected chi connectivity index (χ3v) is 3.05. The average Bonchev–Trinajstić information content (AvgIpc) is 2.40. The fourth-order valence-corrected chi connectivity index (χ4v) is 2.07. The molecule has 7 heteroatoms. The molecular formula is C15H12CaO6. The van der Waals surface area contributed by atoms with Gasteiger partial charge in [0.05, 0.1) is 0 Å². The van der Waals surface area contributed by atoms with Crippen LogP contribution in [0.25, 0.3) is 22.3 Å². The minimum absolute atomic E-state index is 0. The second-order valence-electron chi connectivity index (χ2n) is 4.52. The molecule has 0 saturated heterocycles. The van der Waals surface area contributed by atoms with E-state index >= 15 is 0 Å². The number of phenolic OH excluding ortho intramolecular Hbond substituents is 4. The Labute approximate surface area is 156 Å². The van der Waals surface area contributed by atoms with Gasteiger partial charge in [0.1, 0.15) is 28.2 Å². The van der Waals surface area contributed by atoms with Crippen LogP contribution in [0.2, 0.25) is 0 Å². The van der Waals surface area contributed by atoms with Crippen molar-refractivity contribution >= 4 is 48.7 Å². The number of aromatic hydroxyl groups is 4. The SMILES string of the molecule is O=c1cc(-c2ccc(O)c(O)c2)oc2cc(O)cc(O)c12.[Ca+2].[H-].[H-]. The van der Waals surface area contributed by atoms with Crippen molar-refractivity contribution in [2.45, 2.75) is 0 Å². The molecule has 0 unspecified atom stereocenters. The molecule has 3 aromatic rings. The Hall–Kier alpha value is -1.89. The van der Waals surface area contributed by atoms with Gasteiger partial charge in [-0.2, -0.15) is 0 Å². The van der Waals surface area contributed by atoms with Gasteiger partial charge in [-0.05, 0) is 18.2 Å². The first kappa shape index (κ1) is 16.5. The zero-order valence-electron chi connectivity index (χ0n) is 13.3. The van der Waals surface area contributed by atoms with Crippen LogP contribution >= 0.6 is 0 Å². The largest absolute Gasteiger partial charge is 2.00 e. The predicted octanol–water partition coefficient (Wildman–Crippen LogP) is 2.13. The molecule has 22 heavy (non-hydrogen) atoms. The second-order valence-corrected chi connectivity index (χ2v) is 4.52. The van der Waals surface area contributed by atoms with Crippen LogP contribution in [0.5, 0.6) is 23.0 Å². The first-order valence-corrected chi connectivity index (χ1v) is 5.98. The minimum atomic E-state index is -0.490. The summed E-state index contributed by atoms with van der Waals surface area (Å²) < 4.78 is 5.47. The van der Waals surface area contributed by atoms with Crippen molar-refractivity contribution in [3.05, 3.63) is 46.6 Å². The van der Waals surface area contributed by atoms with Gasteiger partial charge in [-0.1, -0.05) is 0 Å². The van der Waals surface area contributed by atoms with E-state index in [0.29, 0.717) is 5.56 Å². The fourth-order valence-electron chi connectivity index (χ4n) is 2.07. The van der Waals surface area contributed by atoms with Crippen molar-refractivity contribution in [2.75, 3.05) is 0 Å². The molecule has 0 bridgehead atoms. The molecule has 1 aromatic heterocycles. The van der Waals surface area contributed by atoms with Crippen LogP contribution < -0.4 is 5.43 Å². The summed E-state index contributed by atoms with van der Waals surface area (Å²) in [5, 5.41) is 37.9. The molecular weight excluding hydrogens is 316 g/mol. The van der Waals surface area contributed by atoms with Crippen LogP contribution in [-0.4, -0.2) is 58.2 Å². The number of fused-ring (bicyclic) bond motifs is 1. The van der Waals surface area contributed by atoms with E-state index in [4.69, 9.17) is 4.42 Å². The molecule has 110 valence electrons. The van der Waals surface area contributed by atoms with Crippen LogP contribution in [-0.2, 0) is 0 Å². The van der Waals surface area contributed by atoms with Crippen molar-refractivity contribution in [3.63, 3.8) is 0 Å². The summed E-state index contributed by atoms with van der Waals surface area (Å²) in [6, 6.07) is 7.37. The van der Waals surface area contributed by atoms with Gasteiger partial charge in [0.15, 0.2) is 16.9 Å². The Kier molecular flexibility index (Phi) is 4.55. The Morgan fingerprint density at radius 1 is 0.864 bits per heavy atom. The van der Waals surface area contributed by atoms with E-state index in [9.17, 15) is 25.2 Å². The molecule has 3 rings (SSSR count). The molecule has 0 aliphatic heterocycles. The molecule has 0 aliphatic rings. The molecule has 1 heterocycles. The Morgan fingerprint density at radius 3 is 2.27 bits per heavy atom. The van der Waals surface area contributed by atoms with Crippen molar-refractivity contribution < 1.29 is 27.7 Å². The molecule has 0 saturated carbocycles. The first-order chi connectivity index (χ1) is 9.95. The Balaban J connectivity index is 0.00000176. The van der Waals surface area contributed by atoms with Crippen molar-refractivity contribution in [3.8, 4) is 34.3 Å². The fraction of sp³-hybridized carbons (Fsp3) is 0. The maximum atomic E-state index is 12.0. The van der Waals surface area contributed by atoms with Gasteiger partial charge in [0.2, 0.25) is 0 Å². The zero-order chi connectivity index (χ0) is 15.1. The number of benzene rings is 2. The van der Waals surface area contributed by atoms with Crippen molar-refractivity contribution in [2.24, 2.45) is 0 Å². The summed E-state index contributed by atoms with van der Waals surface area (Å²) in [6.07, 6.45) is 0. The van der Waals surface area contributed by atoms with E-state index in [-0.39, 0.29) is 80.3 Å². The maximum Gasteiger partial charge on any atom is 2.00 e. The number of hydrogen-bond acceptors (Lipinski definition) is 6. The number of rotatable bonds is 1. The van der Waals surface area contributed by atoms with E-state index in [1.54, 1.807) is 0 Å². The van der Waals surface area contributed by atoms with E-state index in [0.717, 1.165) is 12.1 Å². The van der Waals surface area contributed by atoms with E-state index < -0.39 is 5.43 Å². The standard InChI is InChI=1S/C15H10O6.Ca.2H/c16-8-4-11(19)15-12(20)6-13(21-14(15)5-8)7-1-2-9(17)10(18)3-7;;;/h1-6,16-19H;;;/q;+2;2*-1. The summed E-state index contributed by atoms with van der Waals surface area (Å²) in [5.41, 5.74) is -0.106. The van der Waals surface area contributed by atoms with Crippen LogP contribution in [0, 0.1) is 0 Å². The second kappa shape index (κ2) is 6.08. The normalized spacial score (nSPS) is 10.4. The molecule has 2 aromatic carbocycles. The molecule has 0 amide bonds. The summed E-state index contributed by atoms with van der Waals surface area (Å²) in [7, 11) is 0. The molecule has 4 N–H and O–H groups in total. The third kappa shape index (κ3) is 2.85. The van der Waals surface area contributed by atoms with Gasteiger partial charge < -0.3 is 27.7 Å². The first-order valence-electron chi connectivity index (χ1n) is 5.98. The van der Waals surface area contributed by atoms with Crippen LogP contribution in [0.15, 0.2) is 45.6 Å². The minimum Gasteiger partial charge on any atom is -1.00 e. The summed E-state index contributed by atoms with van der Waals surface area (Å²) in [5.74, 6) is -1.13. The van der Waals surface area contributed by atoms with E-state index in [2.05, 4.69) is 0 Å². The average molecular weight is 328 g/mol. The van der Waals surface area contributed by atoms with Crippen molar-refractivity contribution in [1.29, 1.82) is 0 Å². The van der Waals surface area contributed by atoms with E-state index in [1.165, 1.54) is 24.3 Å². The zero-order valence-corrected chi connectivity index (χ0v) is 13.5. The molecule has 0 spiro atoms. The predicted molar refractivity (Wildman–Crippen MR) is 82.6 cm³/mol. The summed E-state index contributed by atoms with van der Waals surface area (Å²) in [6.45, 7) is 0. The van der Waals surface area contributed by atoms with Crippen molar-refractivity contribution in [1.82, 2.24) is 0 Å².